The number of anilines is 1. The molecule has 78 valence electrons. The monoisotopic (exact) mass is 265 g/mol. The third-order valence-corrected chi connectivity index (χ3v) is 2.68. The minimum absolute atomic E-state index is 0.856. The lowest BCUT2D eigenvalue weighted by molar-refractivity contribution is 1.05. The summed E-state index contributed by atoms with van der Waals surface area (Å²) in [4.78, 5) is 4.37. The number of halogens is 1. The van der Waals surface area contributed by atoms with Gasteiger partial charge in [-0.1, -0.05) is 15.9 Å². The molecule has 0 unspecified atom stereocenters. The van der Waals surface area contributed by atoms with E-state index >= 15 is 0 Å². The van der Waals surface area contributed by atoms with Crippen LogP contribution in [0, 0.1) is 6.92 Å². The van der Waals surface area contributed by atoms with Crippen LogP contribution in [-0.2, 0) is 0 Å². The van der Waals surface area contributed by atoms with E-state index < -0.39 is 0 Å². The third kappa shape index (κ3) is 2.04. The zero-order valence-electron chi connectivity index (χ0n) is 8.66. The number of hydrogen-bond donors (Lipinski definition) is 1. The van der Waals surface area contributed by atoms with Gasteiger partial charge in [0.15, 0.2) is 0 Å². The Labute approximate surface area is 97.3 Å². The molecule has 0 fully saturated rings. The first kappa shape index (κ1) is 10.2. The van der Waals surface area contributed by atoms with Gasteiger partial charge in [0.25, 0.3) is 0 Å². The summed E-state index contributed by atoms with van der Waals surface area (Å²) in [5.41, 5.74) is 2.10. The molecule has 1 aromatic carbocycles. The Morgan fingerprint density at radius 3 is 2.53 bits per heavy atom. The molecule has 0 aliphatic carbocycles. The summed E-state index contributed by atoms with van der Waals surface area (Å²) in [6, 6.07) is 8.13. The van der Waals surface area contributed by atoms with Crippen LogP contribution in [0.25, 0.3) is 5.69 Å². The van der Waals surface area contributed by atoms with Crippen LogP contribution in [0.5, 0.6) is 0 Å². The number of aromatic nitrogens is 2. The maximum absolute atomic E-state index is 4.37. The van der Waals surface area contributed by atoms with Gasteiger partial charge >= 0.3 is 0 Å². The molecular weight excluding hydrogens is 254 g/mol. The highest BCUT2D eigenvalue weighted by molar-refractivity contribution is 9.10. The van der Waals surface area contributed by atoms with Crippen molar-refractivity contribution in [3.63, 3.8) is 0 Å². The normalized spacial score (nSPS) is 10.3. The van der Waals surface area contributed by atoms with E-state index in [9.17, 15) is 0 Å². The molecule has 0 bridgehead atoms. The molecule has 3 nitrogen and oxygen atoms in total. The first-order chi connectivity index (χ1) is 7.20. The molecule has 0 aliphatic rings. The molecule has 0 saturated carbocycles. The van der Waals surface area contributed by atoms with Crippen LogP contribution in [0.15, 0.2) is 34.9 Å². The van der Waals surface area contributed by atoms with E-state index in [1.807, 2.05) is 49.0 Å². The van der Waals surface area contributed by atoms with E-state index in [1.165, 1.54) is 0 Å². The summed E-state index contributed by atoms with van der Waals surface area (Å²) in [6.07, 6.45) is 2.01. The van der Waals surface area contributed by atoms with Crippen molar-refractivity contribution in [2.24, 2.45) is 0 Å². The highest BCUT2D eigenvalue weighted by Gasteiger charge is 2.04. The van der Waals surface area contributed by atoms with Crippen LogP contribution < -0.4 is 5.32 Å². The first-order valence-corrected chi connectivity index (χ1v) is 5.49. The van der Waals surface area contributed by atoms with E-state index in [4.69, 9.17) is 0 Å². The molecule has 2 aromatic rings. The summed E-state index contributed by atoms with van der Waals surface area (Å²) in [5, 5.41) is 3.07. The fraction of sp³-hybridized carbons (Fsp3) is 0.182. The number of aryl methyl sites for hydroxylation is 1. The lowest BCUT2D eigenvalue weighted by Gasteiger charge is -2.06. The van der Waals surface area contributed by atoms with E-state index in [-0.39, 0.29) is 0 Å². The minimum atomic E-state index is 0.856. The predicted molar refractivity (Wildman–Crippen MR) is 65.5 cm³/mol. The topological polar surface area (TPSA) is 29.9 Å². The second kappa shape index (κ2) is 4.06. The quantitative estimate of drug-likeness (QED) is 0.905. The first-order valence-electron chi connectivity index (χ1n) is 4.70. The Balaban J connectivity index is 2.48. The van der Waals surface area contributed by atoms with Crippen molar-refractivity contribution >= 4 is 21.9 Å². The summed E-state index contributed by atoms with van der Waals surface area (Å²) in [5.74, 6) is 0.856. The molecule has 4 heteroatoms. The van der Waals surface area contributed by atoms with Gasteiger partial charge < -0.3 is 5.32 Å². The van der Waals surface area contributed by atoms with Crippen LogP contribution >= 0.6 is 15.9 Å². The summed E-state index contributed by atoms with van der Waals surface area (Å²) < 4.78 is 3.11. The van der Waals surface area contributed by atoms with Gasteiger partial charge in [-0.3, -0.25) is 4.57 Å². The Hall–Kier alpha value is -1.29. The standard InChI is InChI=1S/C11H12BrN3/c1-8-7-15(11(13-2)14-8)10-5-3-9(12)4-6-10/h3-7H,1-2H3,(H,13,14). The number of nitrogens with zero attached hydrogens (tertiary/aromatic N) is 2. The smallest absolute Gasteiger partial charge is 0.207 e. The SMILES string of the molecule is CNc1nc(C)cn1-c1ccc(Br)cc1. The molecule has 15 heavy (non-hydrogen) atoms. The fourth-order valence-corrected chi connectivity index (χ4v) is 1.74. The molecule has 0 spiro atoms. The van der Waals surface area contributed by atoms with Crippen molar-refractivity contribution in [2.75, 3.05) is 12.4 Å². The van der Waals surface area contributed by atoms with Crippen LogP contribution in [-0.4, -0.2) is 16.6 Å². The molecule has 1 aromatic heterocycles. The lowest BCUT2D eigenvalue weighted by Crippen LogP contribution is -2.00. The maximum Gasteiger partial charge on any atom is 0.207 e. The van der Waals surface area contributed by atoms with Crippen LogP contribution in [0.3, 0.4) is 0 Å². The Morgan fingerprint density at radius 1 is 1.27 bits per heavy atom. The van der Waals surface area contributed by atoms with E-state index in [2.05, 4.69) is 26.2 Å². The van der Waals surface area contributed by atoms with Crippen molar-refractivity contribution in [1.82, 2.24) is 9.55 Å². The van der Waals surface area contributed by atoms with Gasteiger partial charge in [-0.15, -0.1) is 0 Å². The van der Waals surface area contributed by atoms with Gasteiger partial charge in [-0.05, 0) is 31.2 Å². The fourth-order valence-electron chi connectivity index (χ4n) is 1.47. The number of nitrogens with one attached hydrogen (secondary N) is 1. The summed E-state index contributed by atoms with van der Waals surface area (Å²) >= 11 is 3.42. The molecule has 0 atom stereocenters. The maximum atomic E-state index is 4.37. The van der Waals surface area contributed by atoms with Gasteiger partial charge in [0.1, 0.15) is 0 Å². The molecule has 2 rings (SSSR count). The van der Waals surface area contributed by atoms with Crippen molar-refractivity contribution in [3.8, 4) is 5.69 Å². The minimum Gasteiger partial charge on any atom is -0.358 e. The van der Waals surface area contributed by atoms with Crippen molar-refractivity contribution in [1.29, 1.82) is 0 Å². The van der Waals surface area contributed by atoms with E-state index in [1.54, 1.807) is 0 Å². The molecule has 0 amide bonds. The van der Waals surface area contributed by atoms with Crippen LogP contribution in [0.4, 0.5) is 5.95 Å². The molecule has 0 saturated heterocycles. The average molecular weight is 266 g/mol. The molecule has 1 N–H and O–H groups in total. The highest BCUT2D eigenvalue weighted by atomic mass is 79.9. The van der Waals surface area contributed by atoms with E-state index in [0.29, 0.717) is 0 Å². The molecule has 0 aliphatic heterocycles. The predicted octanol–water partition coefficient (Wildman–Crippen LogP) is 2.98. The Kier molecular flexibility index (Phi) is 2.77. The van der Waals surface area contributed by atoms with E-state index in [0.717, 1.165) is 21.8 Å². The largest absolute Gasteiger partial charge is 0.358 e. The Morgan fingerprint density at radius 2 is 1.93 bits per heavy atom. The summed E-state index contributed by atoms with van der Waals surface area (Å²) in [6.45, 7) is 1.98. The van der Waals surface area contributed by atoms with Crippen molar-refractivity contribution in [2.45, 2.75) is 6.92 Å². The summed E-state index contributed by atoms with van der Waals surface area (Å²) in [7, 11) is 1.87. The number of imidazole rings is 1. The molecule has 1 heterocycles. The van der Waals surface area contributed by atoms with Crippen molar-refractivity contribution in [3.05, 3.63) is 40.6 Å². The van der Waals surface area contributed by atoms with Crippen molar-refractivity contribution < 1.29 is 0 Å². The van der Waals surface area contributed by atoms with Gasteiger partial charge in [-0.2, -0.15) is 0 Å². The zero-order chi connectivity index (χ0) is 10.8. The molecule has 0 radical (unpaired) electrons. The molecular formula is C11H12BrN3. The van der Waals surface area contributed by atoms with Crippen LogP contribution in [0.1, 0.15) is 5.69 Å². The van der Waals surface area contributed by atoms with Gasteiger partial charge in [-0.25, -0.2) is 4.98 Å². The average Bonchev–Trinajstić information content (AvgIpc) is 2.61. The number of benzene rings is 1. The van der Waals surface area contributed by atoms with Gasteiger partial charge in [0.05, 0.1) is 5.69 Å². The van der Waals surface area contributed by atoms with Gasteiger partial charge in [0.2, 0.25) is 5.95 Å². The number of hydrogen-bond acceptors (Lipinski definition) is 2. The second-order valence-corrected chi connectivity index (χ2v) is 4.22. The second-order valence-electron chi connectivity index (χ2n) is 3.30. The zero-order valence-corrected chi connectivity index (χ0v) is 10.2. The lowest BCUT2D eigenvalue weighted by atomic mass is 10.3. The van der Waals surface area contributed by atoms with Crippen LogP contribution in [0.2, 0.25) is 0 Å². The van der Waals surface area contributed by atoms with Gasteiger partial charge in [0, 0.05) is 23.4 Å². The Bertz CT molecular complexity index is 459. The highest BCUT2D eigenvalue weighted by Crippen LogP contribution is 2.18. The third-order valence-electron chi connectivity index (χ3n) is 2.15. The number of rotatable bonds is 2.